The van der Waals surface area contributed by atoms with Crippen molar-refractivity contribution < 1.29 is 17.6 Å². The van der Waals surface area contributed by atoms with Gasteiger partial charge in [-0.05, 0) is 50.1 Å². The number of rotatable bonds is 4. The molecule has 6 nitrogen and oxygen atoms in total. The molecule has 2 heterocycles. The molecule has 3 rings (SSSR count). The fourth-order valence-electron chi connectivity index (χ4n) is 3.03. The Bertz CT molecular complexity index is 1030. The first kappa shape index (κ1) is 19.6. The lowest BCUT2D eigenvalue weighted by atomic mass is 10.2. The molecule has 1 N–H and O–H groups in total. The monoisotopic (exact) mass is 411 g/mol. The van der Waals surface area contributed by atoms with Crippen molar-refractivity contribution in [3.8, 4) is 0 Å². The predicted molar refractivity (Wildman–Crippen MR) is 103 cm³/mol. The molecule has 1 amide bonds. The predicted octanol–water partition coefficient (Wildman–Crippen LogP) is 3.30. The minimum absolute atomic E-state index is 0.0152. The van der Waals surface area contributed by atoms with Crippen molar-refractivity contribution in [2.24, 2.45) is 0 Å². The van der Waals surface area contributed by atoms with Gasteiger partial charge in [0.25, 0.3) is 0 Å². The first-order valence-electron chi connectivity index (χ1n) is 8.36. The highest BCUT2D eigenvalue weighted by atomic mass is 35.5. The van der Waals surface area contributed by atoms with Gasteiger partial charge < -0.3 is 5.32 Å². The highest BCUT2D eigenvalue weighted by molar-refractivity contribution is 7.91. The van der Waals surface area contributed by atoms with Crippen LogP contribution in [0.4, 0.5) is 10.1 Å². The Hall–Kier alpha value is -2.19. The first-order valence-corrected chi connectivity index (χ1v) is 10.6. The smallest absolute Gasteiger partial charge is 0.248 e. The maximum atomic E-state index is 13.1. The highest BCUT2D eigenvalue weighted by Gasteiger charge is 2.31. The third-order valence-corrected chi connectivity index (χ3v) is 6.60. The van der Waals surface area contributed by atoms with E-state index in [0.717, 1.165) is 0 Å². The number of amides is 1. The van der Waals surface area contributed by atoms with E-state index in [9.17, 15) is 17.6 Å². The number of carbonyl (C=O) groups excluding carboxylic acids is 1. The van der Waals surface area contributed by atoms with Gasteiger partial charge in [-0.25, -0.2) is 17.5 Å². The number of nitrogens with zero attached hydrogens (tertiary/aromatic N) is 2. The summed E-state index contributed by atoms with van der Waals surface area (Å²) in [5.74, 6) is -0.625. The molecule has 27 heavy (non-hydrogen) atoms. The third kappa shape index (κ3) is 4.39. The Morgan fingerprint density at radius 1 is 1.41 bits per heavy atom. The molecule has 1 fully saturated rings. The van der Waals surface area contributed by atoms with E-state index in [-0.39, 0.29) is 23.4 Å². The summed E-state index contributed by atoms with van der Waals surface area (Å²) in [5, 5.41) is 7.32. The summed E-state index contributed by atoms with van der Waals surface area (Å²) in [6, 6.07) is 3.80. The summed E-state index contributed by atoms with van der Waals surface area (Å²) in [6.45, 7) is 3.44. The zero-order valence-electron chi connectivity index (χ0n) is 14.9. The van der Waals surface area contributed by atoms with Gasteiger partial charge in [-0.2, -0.15) is 5.10 Å². The molecule has 1 aromatic carbocycles. The van der Waals surface area contributed by atoms with Crippen LogP contribution in [0.25, 0.3) is 6.08 Å². The van der Waals surface area contributed by atoms with Crippen molar-refractivity contribution in [2.45, 2.75) is 26.3 Å². The van der Waals surface area contributed by atoms with Gasteiger partial charge in [-0.15, -0.1) is 0 Å². The minimum atomic E-state index is -3.06. The molecule has 0 spiro atoms. The van der Waals surface area contributed by atoms with Gasteiger partial charge in [0, 0.05) is 17.3 Å². The molecule has 0 saturated carbocycles. The van der Waals surface area contributed by atoms with Crippen molar-refractivity contribution in [3.63, 3.8) is 0 Å². The van der Waals surface area contributed by atoms with E-state index in [0.29, 0.717) is 34.1 Å². The maximum Gasteiger partial charge on any atom is 0.248 e. The number of hydrogen-bond acceptors (Lipinski definition) is 4. The Balaban J connectivity index is 1.76. The minimum Gasteiger partial charge on any atom is -0.322 e. The zero-order valence-corrected chi connectivity index (χ0v) is 16.4. The number of halogens is 2. The summed E-state index contributed by atoms with van der Waals surface area (Å²) in [6.07, 6.45) is 3.32. The number of aryl methyl sites for hydroxylation is 2. The van der Waals surface area contributed by atoms with Crippen LogP contribution < -0.4 is 5.32 Å². The number of anilines is 1. The topological polar surface area (TPSA) is 81.1 Å². The normalized spacial score (nSPS) is 18.9. The lowest BCUT2D eigenvalue weighted by molar-refractivity contribution is -0.111. The summed E-state index contributed by atoms with van der Waals surface area (Å²) in [5.41, 5.74) is 2.29. The molecule has 2 aromatic rings. The molecule has 1 atom stereocenters. The molecule has 0 radical (unpaired) electrons. The summed E-state index contributed by atoms with van der Waals surface area (Å²) in [7, 11) is -3.06. The molecule has 0 aliphatic carbocycles. The number of nitrogens with one attached hydrogen (secondary N) is 1. The van der Waals surface area contributed by atoms with Crippen LogP contribution in [0.1, 0.15) is 29.3 Å². The molecule has 1 saturated heterocycles. The second kappa shape index (κ2) is 7.44. The maximum absolute atomic E-state index is 13.1. The number of sulfone groups is 1. The zero-order chi connectivity index (χ0) is 19.8. The molecule has 1 aromatic heterocycles. The van der Waals surface area contributed by atoms with Gasteiger partial charge in [-0.3, -0.25) is 4.79 Å². The van der Waals surface area contributed by atoms with Crippen LogP contribution in [0, 0.1) is 19.7 Å². The average molecular weight is 412 g/mol. The van der Waals surface area contributed by atoms with Gasteiger partial charge in [0.05, 0.1) is 23.2 Å². The molecule has 9 heteroatoms. The summed E-state index contributed by atoms with van der Waals surface area (Å²) in [4.78, 5) is 12.2. The van der Waals surface area contributed by atoms with Crippen LogP contribution in [0.2, 0.25) is 5.15 Å². The van der Waals surface area contributed by atoms with E-state index < -0.39 is 15.7 Å². The second-order valence-electron chi connectivity index (χ2n) is 6.57. The lowest BCUT2D eigenvalue weighted by Gasteiger charge is -2.09. The standard InChI is InChI=1S/C18H19ClFN3O3S/c1-11-9-13(20)3-5-16(11)21-17(24)6-4-15-12(2)22-23(18(15)19)14-7-8-27(25,26)10-14/h3-6,9,14H,7-8,10H2,1-2H3,(H,21,24)/b6-4+/t14-/m1/s1. The Labute approximate surface area is 161 Å². The second-order valence-corrected chi connectivity index (χ2v) is 9.16. The van der Waals surface area contributed by atoms with E-state index in [1.807, 2.05) is 0 Å². The highest BCUT2D eigenvalue weighted by Crippen LogP contribution is 2.30. The van der Waals surface area contributed by atoms with Crippen molar-refractivity contribution >= 4 is 39.1 Å². The van der Waals surface area contributed by atoms with Crippen LogP contribution in [0.3, 0.4) is 0 Å². The fraction of sp³-hybridized carbons (Fsp3) is 0.333. The van der Waals surface area contributed by atoms with E-state index in [4.69, 9.17) is 11.6 Å². The van der Waals surface area contributed by atoms with Crippen molar-refractivity contribution in [1.82, 2.24) is 9.78 Å². The van der Waals surface area contributed by atoms with Gasteiger partial charge >= 0.3 is 0 Å². The Morgan fingerprint density at radius 2 is 2.15 bits per heavy atom. The van der Waals surface area contributed by atoms with Gasteiger partial charge in [0.1, 0.15) is 11.0 Å². The van der Waals surface area contributed by atoms with E-state index in [1.54, 1.807) is 19.9 Å². The molecule has 0 bridgehead atoms. The van der Waals surface area contributed by atoms with Gasteiger partial charge in [0.2, 0.25) is 5.91 Å². The fourth-order valence-corrected chi connectivity index (χ4v) is 5.10. The van der Waals surface area contributed by atoms with Crippen molar-refractivity contribution in [1.29, 1.82) is 0 Å². The van der Waals surface area contributed by atoms with Crippen LogP contribution in [0.5, 0.6) is 0 Å². The molecule has 144 valence electrons. The van der Waals surface area contributed by atoms with Gasteiger partial charge in [0.15, 0.2) is 9.84 Å². The van der Waals surface area contributed by atoms with Crippen LogP contribution in [0.15, 0.2) is 24.3 Å². The largest absolute Gasteiger partial charge is 0.322 e. The molecule has 0 unspecified atom stereocenters. The Kier molecular flexibility index (Phi) is 5.39. The number of hydrogen-bond donors (Lipinski definition) is 1. The Morgan fingerprint density at radius 3 is 2.78 bits per heavy atom. The van der Waals surface area contributed by atoms with Crippen LogP contribution in [-0.2, 0) is 14.6 Å². The van der Waals surface area contributed by atoms with E-state index in [2.05, 4.69) is 10.4 Å². The summed E-state index contributed by atoms with van der Waals surface area (Å²) >= 11 is 6.37. The van der Waals surface area contributed by atoms with Crippen LogP contribution in [-0.4, -0.2) is 35.6 Å². The van der Waals surface area contributed by atoms with Crippen molar-refractivity contribution in [3.05, 3.63) is 52.1 Å². The average Bonchev–Trinajstić information content (AvgIpc) is 3.07. The quantitative estimate of drug-likeness (QED) is 0.782. The molecular weight excluding hydrogens is 393 g/mol. The summed E-state index contributed by atoms with van der Waals surface area (Å²) < 4.78 is 38.0. The molecule has 1 aliphatic heterocycles. The molecular formula is C18H19ClFN3O3S. The van der Waals surface area contributed by atoms with Crippen molar-refractivity contribution in [2.75, 3.05) is 16.8 Å². The van der Waals surface area contributed by atoms with E-state index in [1.165, 1.54) is 29.0 Å². The van der Waals surface area contributed by atoms with E-state index >= 15 is 0 Å². The number of carbonyl (C=O) groups is 1. The molecule has 1 aliphatic rings. The third-order valence-electron chi connectivity index (χ3n) is 4.47. The van der Waals surface area contributed by atoms with Crippen LogP contribution >= 0.6 is 11.6 Å². The lowest BCUT2D eigenvalue weighted by Crippen LogP contribution is -2.12. The number of aromatic nitrogens is 2. The SMILES string of the molecule is Cc1cc(F)ccc1NC(=O)/C=C/c1c(C)nn([C@@H]2CCS(=O)(=O)C2)c1Cl. The first-order chi connectivity index (χ1) is 12.7. The number of benzene rings is 1. The van der Waals surface area contributed by atoms with Gasteiger partial charge in [-0.1, -0.05) is 11.6 Å².